The van der Waals surface area contributed by atoms with E-state index < -0.39 is 78.1 Å². The second-order valence-corrected chi connectivity index (χ2v) is 9.98. The number of nitrogens with one attached hydrogen (secondary N) is 5. The number of carbonyl (C=O) groups is 7. The molecule has 0 heterocycles. The molecule has 0 spiro atoms. The fourth-order valence-electron chi connectivity index (χ4n) is 3.32. The lowest BCUT2D eigenvalue weighted by atomic mass is 9.99. The fraction of sp³-hybridized carbons (Fsp3) is 0.708. The van der Waals surface area contributed by atoms with Crippen molar-refractivity contribution in [3.8, 4) is 0 Å². The third-order valence-electron chi connectivity index (χ3n) is 5.55. The van der Waals surface area contributed by atoms with Crippen molar-refractivity contribution < 1.29 is 43.8 Å². The van der Waals surface area contributed by atoms with Gasteiger partial charge in [0.25, 0.3) is 0 Å². The Hall–Kier alpha value is -3.75. The highest BCUT2D eigenvalue weighted by molar-refractivity contribution is 5.96. The number of carboxylic acid groups (broad SMARTS) is 2. The molecule has 5 atom stereocenters. The molecule has 15 nitrogen and oxygen atoms in total. The number of rotatable bonds is 17. The summed E-state index contributed by atoms with van der Waals surface area (Å²) in [5, 5.41) is 30.0. The molecule has 0 aromatic heterocycles. The highest BCUT2D eigenvalue weighted by atomic mass is 16.4. The first-order valence-electron chi connectivity index (χ1n) is 12.7. The molecule has 0 unspecified atom stereocenters. The summed E-state index contributed by atoms with van der Waals surface area (Å²) in [6.45, 7) is 9.27. The molecule has 0 radical (unpaired) electrons. The van der Waals surface area contributed by atoms with E-state index in [1.807, 2.05) is 13.8 Å². The van der Waals surface area contributed by atoms with Crippen LogP contribution in [0.1, 0.15) is 60.8 Å². The molecule has 0 aliphatic rings. The minimum Gasteiger partial charge on any atom is -0.481 e. The number of aliphatic carboxylic acids is 2. The molecule has 0 saturated carbocycles. The SMILES string of the molecule is CC(C)C[C@H](NC(=O)[C@@H](NC(=O)CN)C(C)C)C(=O)N[C@@H](C)C(=O)N[C@@H](CCC(=O)O)C(=O)N[C@@H](C)C(=O)O. The minimum atomic E-state index is -1.38. The van der Waals surface area contributed by atoms with Crippen molar-refractivity contribution in [3.63, 3.8) is 0 Å². The summed E-state index contributed by atoms with van der Waals surface area (Å²) in [5.41, 5.74) is 5.32. The quantitative estimate of drug-likeness (QED) is 0.0981. The Labute approximate surface area is 227 Å². The van der Waals surface area contributed by atoms with Crippen LogP contribution in [-0.4, -0.2) is 88.4 Å². The van der Waals surface area contributed by atoms with Crippen molar-refractivity contribution in [1.82, 2.24) is 26.6 Å². The zero-order valence-electron chi connectivity index (χ0n) is 23.2. The van der Waals surface area contributed by atoms with Gasteiger partial charge in [0.05, 0.1) is 6.54 Å². The predicted octanol–water partition coefficient (Wildman–Crippen LogP) is -1.94. The second-order valence-electron chi connectivity index (χ2n) is 9.98. The first-order chi connectivity index (χ1) is 18.0. The molecule has 0 aromatic rings. The lowest BCUT2D eigenvalue weighted by molar-refractivity contribution is -0.142. The fourth-order valence-corrected chi connectivity index (χ4v) is 3.32. The van der Waals surface area contributed by atoms with Gasteiger partial charge >= 0.3 is 11.9 Å². The molecule has 0 bridgehead atoms. The third kappa shape index (κ3) is 13.6. The molecule has 0 fully saturated rings. The van der Waals surface area contributed by atoms with Crippen LogP contribution in [0, 0.1) is 11.8 Å². The minimum absolute atomic E-state index is 0.0402. The molecule has 0 aromatic carbocycles. The number of carbonyl (C=O) groups excluding carboxylic acids is 5. The Morgan fingerprint density at radius 3 is 1.64 bits per heavy atom. The summed E-state index contributed by atoms with van der Waals surface area (Å²) >= 11 is 0. The van der Waals surface area contributed by atoms with Gasteiger partial charge in [-0.3, -0.25) is 33.6 Å². The Balaban J connectivity index is 5.53. The molecule has 0 saturated heterocycles. The van der Waals surface area contributed by atoms with E-state index in [-0.39, 0.29) is 31.2 Å². The van der Waals surface area contributed by atoms with Gasteiger partial charge in [0.1, 0.15) is 30.2 Å². The van der Waals surface area contributed by atoms with Crippen LogP contribution < -0.4 is 32.3 Å². The Morgan fingerprint density at radius 1 is 0.667 bits per heavy atom. The van der Waals surface area contributed by atoms with Crippen molar-refractivity contribution in [1.29, 1.82) is 0 Å². The third-order valence-corrected chi connectivity index (χ3v) is 5.55. The van der Waals surface area contributed by atoms with Crippen molar-refractivity contribution in [2.24, 2.45) is 17.6 Å². The molecule has 0 aliphatic heterocycles. The first kappa shape index (κ1) is 35.2. The van der Waals surface area contributed by atoms with Gasteiger partial charge in [-0.15, -0.1) is 0 Å². The predicted molar refractivity (Wildman–Crippen MR) is 139 cm³/mol. The van der Waals surface area contributed by atoms with E-state index in [1.54, 1.807) is 13.8 Å². The Morgan fingerprint density at radius 2 is 1.18 bits per heavy atom. The van der Waals surface area contributed by atoms with Gasteiger partial charge in [-0.05, 0) is 38.5 Å². The van der Waals surface area contributed by atoms with E-state index in [4.69, 9.17) is 15.9 Å². The average Bonchev–Trinajstić information content (AvgIpc) is 2.82. The molecule has 9 N–H and O–H groups in total. The van der Waals surface area contributed by atoms with E-state index in [2.05, 4.69) is 26.6 Å². The standard InChI is InChI=1S/C24H42N6O9/c1-11(2)9-16(29-23(37)19(12(3)4)30-17(31)10-25)22(36)26-13(5)20(34)28-15(7-8-18(32)33)21(35)27-14(6)24(38)39/h11-16,19H,7-10,25H2,1-6H3,(H,26,36)(H,27,35)(H,28,34)(H,29,37)(H,30,31)(H,32,33)(H,38,39)/t13-,14-,15-,16-,19-/m0/s1. The Kier molecular flexibility index (Phi) is 15.3. The summed E-state index contributed by atoms with van der Waals surface area (Å²) in [4.78, 5) is 84.9. The second kappa shape index (κ2) is 17.0. The van der Waals surface area contributed by atoms with E-state index in [9.17, 15) is 33.6 Å². The first-order valence-corrected chi connectivity index (χ1v) is 12.7. The topological polar surface area (TPSA) is 246 Å². The largest absolute Gasteiger partial charge is 0.481 e. The van der Waals surface area contributed by atoms with E-state index in [0.717, 1.165) is 0 Å². The van der Waals surface area contributed by atoms with Gasteiger partial charge < -0.3 is 42.5 Å². The molecule has 15 heteroatoms. The van der Waals surface area contributed by atoms with Gasteiger partial charge in [-0.2, -0.15) is 0 Å². The maximum absolute atomic E-state index is 13.0. The van der Waals surface area contributed by atoms with Crippen LogP contribution in [0.4, 0.5) is 0 Å². The van der Waals surface area contributed by atoms with Crippen LogP contribution in [0.5, 0.6) is 0 Å². The molecular weight excluding hydrogens is 516 g/mol. The maximum Gasteiger partial charge on any atom is 0.325 e. The van der Waals surface area contributed by atoms with E-state index >= 15 is 0 Å². The van der Waals surface area contributed by atoms with Crippen LogP contribution in [-0.2, 0) is 33.6 Å². The molecular formula is C24H42N6O9. The van der Waals surface area contributed by atoms with Crippen molar-refractivity contribution in [2.75, 3.05) is 6.54 Å². The number of nitrogens with two attached hydrogens (primary N) is 1. The monoisotopic (exact) mass is 558 g/mol. The zero-order valence-corrected chi connectivity index (χ0v) is 23.2. The summed E-state index contributed by atoms with van der Waals surface area (Å²) in [7, 11) is 0. The molecule has 0 aliphatic carbocycles. The van der Waals surface area contributed by atoms with Crippen LogP contribution >= 0.6 is 0 Å². The van der Waals surface area contributed by atoms with E-state index in [1.165, 1.54) is 13.8 Å². The number of hydrogen-bond acceptors (Lipinski definition) is 8. The van der Waals surface area contributed by atoms with Crippen molar-refractivity contribution in [2.45, 2.75) is 91.0 Å². The highest BCUT2D eigenvalue weighted by Gasteiger charge is 2.31. The zero-order chi connectivity index (χ0) is 30.4. The van der Waals surface area contributed by atoms with Crippen LogP contribution in [0.15, 0.2) is 0 Å². The summed E-state index contributed by atoms with van der Waals surface area (Å²) < 4.78 is 0. The number of hydrogen-bond donors (Lipinski definition) is 8. The lowest BCUT2D eigenvalue weighted by Gasteiger charge is -2.27. The van der Waals surface area contributed by atoms with Crippen LogP contribution in [0.25, 0.3) is 0 Å². The molecule has 222 valence electrons. The normalized spacial score (nSPS) is 14.8. The van der Waals surface area contributed by atoms with Gasteiger partial charge in [0.15, 0.2) is 0 Å². The summed E-state index contributed by atoms with van der Waals surface area (Å²) in [6, 6.07) is -5.89. The van der Waals surface area contributed by atoms with Gasteiger partial charge in [-0.1, -0.05) is 27.7 Å². The van der Waals surface area contributed by atoms with Crippen molar-refractivity contribution in [3.05, 3.63) is 0 Å². The molecule has 39 heavy (non-hydrogen) atoms. The van der Waals surface area contributed by atoms with Crippen molar-refractivity contribution >= 4 is 41.5 Å². The Bertz CT molecular complexity index is 909. The van der Waals surface area contributed by atoms with Gasteiger partial charge in [-0.25, -0.2) is 0 Å². The average molecular weight is 559 g/mol. The number of amides is 5. The van der Waals surface area contributed by atoms with E-state index in [0.29, 0.717) is 0 Å². The summed E-state index contributed by atoms with van der Waals surface area (Å²) in [5.74, 6) is -6.49. The van der Waals surface area contributed by atoms with Crippen LogP contribution in [0.3, 0.4) is 0 Å². The van der Waals surface area contributed by atoms with Crippen LogP contribution in [0.2, 0.25) is 0 Å². The number of carboxylic acids is 2. The smallest absolute Gasteiger partial charge is 0.325 e. The van der Waals surface area contributed by atoms with Gasteiger partial charge in [0, 0.05) is 6.42 Å². The lowest BCUT2D eigenvalue weighted by Crippen LogP contribution is -2.59. The van der Waals surface area contributed by atoms with Gasteiger partial charge in [0.2, 0.25) is 29.5 Å². The molecule has 5 amide bonds. The highest BCUT2D eigenvalue weighted by Crippen LogP contribution is 2.09. The summed E-state index contributed by atoms with van der Waals surface area (Å²) in [6.07, 6.45) is -0.601. The molecule has 0 rings (SSSR count). The maximum atomic E-state index is 13.0.